The first-order chi connectivity index (χ1) is 4.63. The maximum absolute atomic E-state index is 9.16. The zero-order valence-electron chi connectivity index (χ0n) is 5.86. The molecule has 0 saturated carbocycles. The van der Waals surface area contributed by atoms with Gasteiger partial charge in [0, 0.05) is 6.54 Å². The average Bonchev–Trinajstić information content (AvgIpc) is 2.14. The van der Waals surface area contributed by atoms with Gasteiger partial charge in [-0.3, -0.25) is 0 Å². The molecule has 60 valence electrons. The fourth-order valence-electron chi connectivity index (χ4n) is 1.19. The van der Waals surface area contributed by atoms with Gasteiger partial charge in [0.25, 0.3) is 0 Å². The number of hydrogen-bond acceptors (Lipinski definition) is 4. The molecule has 0 aromatic heterocycles. The van der Waals surface area contributed by atoms with Gasteiger partial charge in [-0.2, -0.15) is 0 Å². The van der Waals surface area contributed by atoms with Crippen LogP contribution in [0.2, 0.25) is 0 Å². The number of rotatable bonds is 1. The summed E-state index contributed by atoms with van der Waals surface area (Å²) in [6.07, 6.45) is -2.19. The fraction of sp³-hybridized carbons (Fsp3) is 1.00. The highest BCUT2D eigenvalue weighted by Crippen LogP contribution is 2.10. The van der Waals surface area contributed by atoms with Gasteiger partial charge in [-0.15, -0.1) is 0 Å². The summed E-state index contributed by atoms with van der Waals surface area (Å²) in [5, 5.41) is 30.0. The van der Waals surface area contributed by atoms with E-state index in [-0.39, 0.29) is 6.04 Å². The van der Waals surface area contributed by atoms with Gasteiger partial charge in [0.05, 0.1) is 24.4 Å². The lowest BCUT2D eigenvalue weighted by molar-refractivity contribution is 0.0114. The number of aliphatic hydroxyl groups is 3. The number of hydrogen-bond donors (Lipinski definition) is 4. The van der Waals surface area contributed by atoms with Crippen LogP contribution in [0, 0.1) is 0 Å². The average molecular weight is 147 g/mol. The first-order valence-corrected chi connectivity index (χ1v) is 3.40. The predicted molar refractivity (Wildman–Crippen MR) is 35.5 cm³/mol. The van der Waals surface area contributed by atoms with Crippen molar-refractivity contribution in [2.75, 3.05) is 6.54 Å². The van der Waals surface area contributed by atoms with Crippen molar-refractivity contribution < 1.29 is 15.3 Å². The van der Waals surface area contributed by atoms with Crippen molar-refractivity contribution in [1.82, 2.24) is 5.32 Å². The Hall–Kier alpha value is -0.160. The van der Waals surface area contributed by atoms with Crippen molar-refractivity contribution >= 4 is 0 Å². The smallest absolute Gasteiger partial charge is 0.0989 e. The Morgan fingerprint density at radius 1 is 1.50 bits per heavy atom. The van der Waals surface area contributed by atoms with Crippen molar-refractivity contribution in [3.8, 4) is 0 Å². The molecule has 1 saturated heterocycles. The Balaban J connectivity index is 2.49. The minimum atomic E-state index is -0.833. The zero-order valence-corrected chi connectivity index (χ0v) is 5.86. The number of aliphatic hydroxyl groups excluding tert-OH is 3. The molecule has 0 amide bonds. The van der Waals surface area contributed by atoms with E-state index >= 15 is 0 Å². The second-order valence-corrected chi connectivity index (χ2v) is 2.73. The molecule has 4 N–H and O–H groups in total. The molecule has 1 rings (SSSR count). The molecule has 0 radical (unpaired) electrons. The standard InChI is InChI=1S/C6H13NO3/c1-3(8)5-6(10)4(9)2-7-5/h3-10H,2H2,1H3/t3-,4+,5+,6-/m0/s1. The molecule has 1 fully saturated rings. The van der Waals surface area contributed by atoms with Crippen LogP contribution >= 0.6 is 0 Å². The molecule has 4 nitrogen and oxygen atoms in total. The van der Waals surface area contributed by atoms with Gasteiger partial charge in [-0.05, 0) is 6.92 Å². The maximum Gasteiger partial charge on any atom is 0.0989 e. The Labute approximate surface area is 59.5 Å². The van der Waals surface area contributed by atoms with E-state index in [0.29, 0.717) is 6.54 Å². The summed E-state index contributed by atoms with van der Waals surface area (Å²) in [6.45, 7) is 1.94. The first-order valence-electron chi connectivity index (χ1n) is 3.40. The van der Waals surface area contributed by atoms with Crippen LogP contribution in [0.4, 0.5) is 0 Å². The third-order valence-electron chi connectivity index (χ3n) is 1.84. The van der Waals surface area contributed by atoms with Crippen LogP contribution in [0.25, 0.3) is 0 Å². The monoisotopic (exact) mass is 147 g/mol. The maximum atomic E-state index is 9.16. The van der Waals surface area contributed by atoms with E-state index in [1.165, 1.54) is 0 Å². The lowest BCUT2D eigenvalue weighted by Crippen LogP contribution is -2.41. The molecule has 4 atom stereocenters. The van der Waals surface area contributed by atoms with Crippen LogP contribution in [-0.2, 0) is 0 Å². The van der Waals surface area contributed by atoms with Crippen LogP contribution in [0.1, 0.15) is 6.92 Å². The van der Waals surface area contributed by atoms with Gasteiger partial charge in [0.2, 0.25) is 0 Å². The number of β-amino-alcohol motifs (C(OH)–C–C–N with tert-alkyl or cyclic N) is 1. The summed E-state index contributed by atoms with van der Waals surface area (Å²) in [7, 11) is 0. The summed E-state index contributed by atoms with van der Waals surface area (Å²) in [4.78, 5) is 0. The molecule has 10 heavy (non-hydrogen) atoms. The first kappa shape index (κ1) is 7.94. The number of nitrogens with one attached hydrogen (secondary N) is 1. The van der Waals surface area contributed by atoms with E-state index in [4.69, 9.17) is 15.3 Å². The van der Waals surface area contributed by atoms with E-state index in [1.54, 1.807) is 6.92 Å². The van der Waals surface area contributed by atoms with Crippen LogP contribution < -0.4 is 5.32 Å². The lowest BCUT2D eigenvalue weighted by Gasteiger charge is -2.18. The van der Waals surface area contributed by atoms with Crippen molar-refractivity contribution in [2.45, 2.75) is 31.3 Å². The lowest BCUT2D eigenvalue weighted by atomic mass is 10.1. The van der Waals surface area contributed by atoms with Crippen LogP contribution in [0.5, 0.6) is 0 Å². The molecule has 1 aliphatic rings. The van der Waals surface area contributed by atoms with Gasteiger partial charge >= 0.3 is 0 Å². The molecule has 0 aliphatic carbocycles. The summed E-state index contributed by atoms with van der Waals surface area (Å²) >= 11 is 0. The third-order valence-corrected chi connectivity index (χ3v) is 1.84. The fourth-order valence-corrected chi connectivity index (χ4v) is 1.19. The van der Waals surface area contributed by atoms with Crippen molar-refractivity contribution in [2.24, 2.45) is 0 Å². The van der Waals surface area contributed by atoms with E-state index < -0.39 is 18.3 Å². The highest BCUT2D eigenvalue weighted by atomic mass is 16.3. The normalized spacial score (nSPS) is 43.8. The van der Waals surface area contributed by atoms with Crippen molar-refractivity contribution in [1.29, 1.82) is 0 Å². The summed E-state index contributed by atoms with van der Waals surface area (Å²) in [5.74, 6) is 0. The molecule has 0 unspecified atom stereocenters. The molecule has 0 aromatic carbocycles. The molecular formula is C6H13NO3. The van der Waals surface area contributed by atoms with Gasteiger partial charge < -0.3 is 20.6 Å². The molecule has 1 aliphatic heterocycles. The molecule has 0 bridgehead atoms. The minimum absolute atomic E-state index is 0.358. The van der Waals surface area contributed by atoms with Gasteiger partial charge in [-0.25, -0.2) is 0 Å². The van der Waals surface area contributed by atoms with Crippen LogP contribution in [0.15, 0.2) is 0 Å². The van der Waals surface area contributed by atoms with Crippen LogP contribution in [-0.4, -0.2) is 46.2 Å². The third kappa shape index (κ3) is 1.29. The molecule has 0 spiro atoms. The molecule has 4 heteroatoms. The second-order valence-electron chi connectivity index (χ2n) is 2.73. The van der Waals surface area contributed by atoms with Crippen molar-refractivity contribution in [3.63, 3.8) is 0 Å². The summed E-state index contributed by atoms with van der Waals surface area (Å²) in [6, 6.07) is -0.380. The zero-order chi connectivity index (χ0) is 7.72. The Morgan fingerprint density at radius 2 is 2.10 bits per heavy atom. The summed E-state index contributed by atoms with van der Waals surface area (Å²) in [5.41, 5.74) is 0. The predicted octanol–water partition coefficient (Wildman–Crippen LogP) is -1.94. The van der Waals surface area contributed by atoms with E-state index in [0.717, 1.165) is 0 Å². The van der Waals surface area contributed by atoms with E-state index in [2.05, 4.69) is 5.32 Å². The Morgan fingerprint density at radius 3 is 2.30 bits per heavy atom. The molecule has 1 heterocycles. The Bertz CT molecular complexity index is 118. The largest absolute Gasteiger partial charge is 0.392 e. The molecule has 0 aromatic rings. The highest BCUT2D eigenvalue weighted by molar-refractivity contribution is 4.92. The Kier molecular flexibility index (Phi) is 2.25. The van der Waals surface area contributed by atoms with Crippen LogP contribution in [0.3, 0.4) is 0 Å². The van der Waals surface area contributed by atoms with E-state index in [9.17, 15) is 0 Å². The van der Waals surface area contributed by atoms with Gasteiger partial charge in [0.1, 0.15) is 0 Å². The van der Waals surface area contributed by atoms with E-state index in [1.807, 2.05) is 0 Å². The minimum Gasteiger partial charge on any atom is -0.392 e. The van der Waals surface area contributed by atoms with Gasteiger partial charge in [0.15, 0.2) is 0 Å². The second kappa shape index (κ2) is 2.84. The summed E-state index contributed by atoms with van der Waals surface area (Å²) < 4.78 is 0. The SMILES string of the molecule is C[C@H](O)[C@H]1NC[C@@H](O)[C@@H]1O. The highest BCUT2D eigenvalue weighted by Gasteiger charge is 2.35. The quantitative estimate of drug-likeness (QED) is 0.348. The van der Waals surface area contributed by atoms with Crippen molar-refractivity contribution in [3.05, 3.63) is 0 Å². The topological polar surface area (TPSA) is 72.7 Å². The van der Waals surface area contributed by atoms with Gasteiger partial charge in [-0.1, -0.05) is 0 Å². The molecular weight excluding hydrogens is 134 g/mol.